The van der Waals surface area contributed by atoms with Crippen LogP contribution in [0.3, 0.4) is 0 Å². The lowest BCUT2D eigenvalue weighted by Gasteiger charge is -2.34. The first-order valence-corrected chi connectivity index (χ1v) is 11.3. The van der Waals surface area contributed by atoms with Gasteiger partial charge in [-0.2, -0.15) is 0 Å². The summed E-state index contributed by atoms with van der Waals surface area (Å²) in [5, 5.41) is 3.52. The number of anilines is 1. The molecule has 1 aliphatic heterocycles. The lowest BCUT2D eigenvalue weighted by molar-refractivity contribution is 0.0975. The van der Waals surface area contributed by atoms with E-state index in [1.54, 1.807) is 66.7 Å². The molecule has 1 N–H and O–H groups in total. The fraction of sp³-hybridized carbons (Fsp3) is 0.0357. The van der Waals surface area contributed by atoms with Crippen LogP contribution in [0.25, 0.3) is 0 Å². The third kappa shape index (κ3) is 2.52. The Morgan fingerprint density at radius 2 is 1.37 bits per heavy atom. The van der Waals surface area contributed by atoms with Crippen molar-refractivity contribution in [3.63, 3.8) is 0 Å². The Labute approximate surface area is 203 Å². The Kier molecular flexibility index (Phi) is 3.89. The molecule has 0 saturated carbocycles. The maximum absolute atomic E-state index is 13.5. The van der Waals surface area contributed by atoms with E-state index < -0.39 is 6.04 Å². The average molecular weight is 477 g/mol. The van der Waals surface area contributed by atoms with Crippen molar-refractivity contribution in [2.24, 2.45) is 4.99 Å². The number of nitrogens with zero attached hydrogens (tertiary/aromatic N) is 1. The van der Waals surface area contributed by atoms with Gasteiger partial charge in [-0.05, 0) is 30.4 Å². The van der Waals surface area contributed by atoms with E-state index in [0.29, 0.717) is 39.4 Å². The van der Waals surface area contributed by atoms with Gasteiger partial charge in [-0.1, -0.05) is 48.0 Å². The van der Waals surface area contributed by atoms with Crippen molar-refractivity contribution in [2.45, 2.75) is 6.04 Å². The van der Waals surface area contributed by atoms with Crippen molar-refractivity contribution in [3.05, 3.63) is 116 Å². The van der Waals surface area contributed by atoms with E-state index in [9.17, 15) is 19.2 Å². The number of hydrogen-bond acceptors (Lipinski definition) is 6. The molecule has 1 atom stereocenters. The number of nitrogens with one attached hydrogen (secondary N) is 1. The van der Waals surface area contributed by atoms with Crippen LogP contribution in [0.1, 0.15) is 52.6 Å². The fourth-order valence-corrected chi connectivity index (χ4v) is 5.53. The van der Waals surface area contributed by atoms with Gasteiger partial charge in [0.05, 0.1) is 39.3 Å². The summed E-state index contributed by atoms with van der Waals surface area (Å²) in [7, 11) is 0. The molecule has 7 heteroatoms. The van der Waals surface area contributed by atoms with Gasteiger partial charge >= 0.3 is 0 Å². The third-order valence-electron chi connectivity index (χ3n) is 6.88. The van der Waals surface area contributed by atoms with Gasteiger partial charge in [0.25, 0.3) is 0 Å². The van der Waals surface area contributed by atoms with Crippen LogP contribution in [0, 0.1) is 0 Å². The number of halogens is 1. The minimum Gasteiger partial charge on any atom is -0.371 e. The van der Waals surface area contributed by atoms with Crippen LogP contribution >= 0.6 is 11.6 Å². The van der Waals surface area contributed by atoms with Crippen LogP contribution in [0.4, 0.5) is 11.4 Å². The maximum atomic E-state index is 13.5. The van der Waals surface area contributed by atoms with Crippen molar-refractivity contribution in [3.8, 4) is 0 Å². The number of aliphatic imine (C=N–C) groups is 1. The van der Waals surface area contributed by atoms with Crippen molar-refractivity contribution >= 4 is 51.8 Å². The molecule has 7 rings (SSSR count). The summed E-state index contributed by atoms with van der Waals surface area (Å²) in [5.74, 6) is -1.12. The molecule has 6 nitrogen and oxygen atoms in total. The van der Waals surface area contributed by atoms with Crippen molar-refractivity contribution in [1.82, 2.24) is 0 Å². The Bertz CT molecular complexity index is 1710. The van der Waals surface area contributed by atoms with E-state index in [1.807, 2.05) is 0 Å². The SMILES string of the molecule is O=C1C2=C(C(=O)c3ccccc31)C1Nc3ccc4c(c3N=C1C=C2)C(=O)c1cccc(Cl)c1C4=O. The fourth-order valence-electron chi connectivity index (χ4n) is 5.27. The summed E-state index contributed by atoms with van der Waals surface area (Å²) in [6.07, 6.45) is 3.28. The molecule has 0 spiro atoms. The zero-order valence-electron chi connectivity index (χ0n) is 17.9. The molecule has 0 aromatic heterocycles. The predicted octanol–water partition coefficient (Wildman–Crippen LogP) is 4.93. The minimum absolute atomic E-state index is 0.193. The molecule has 3 aromatic carbocycles. The summed E-state index contributed by atoms with van der Waals surface area (Å²) in [6.45, 7) is 0. The molecule has 35 heavy (non-hydrogen) atoms. The third-order valence-corrected chi connectivity index (χ3v) is 7.19. The van der Waals surface area contributed by atoms with E-state index in [0.717, 1.165) is 0 Å². The second-order valence-electron chi connectivity index (χ2n) is 8.68. The molecule has 0 fully saturated rings. The zero-order valence-corrected chi connectivity index (χ0v) is 18.6. The van der Waals surface area contributed by atoms with E-state index in [1.165, 1.54) is 0 Å². The van der Waals surface area contributed by atoms with E-state index in [-0.39, 0.29) is 50.4 Å². The maximum Gasteiger partial charge on any atom is 0.196 e. The molecular weight excluding hydrogens is 464 g/mol. The van der Waals surface area contributed by atoms with Gasteiger partial charge in [0.15, 0.2) is 23.1 Å². The number of carbonyl (C=O) groups excluding carboxylic acids is 4. The van der Waals surface area contributed by atoms with Crippen LogP contribution in [-0.4, -0.2) is 34.9 Å². The number of Topliss-reactive ketones (excluding diaryl/α,β-unsaturated/α-hetero) is 2. The molecule has 0 saturated heterocycles. The van der Waals surface area contributed by atoms with Crippen LogP contribution in [0.2, 0.25) is 5.02 Å². The Morgan fingerprint density at radius 3 is 2.17 bits per heavy atom. The van der Waals surface area contributed by atoms with Gasteiger partial charge < -0.3 is 5.32 Å². The lowest BCUT2D eigenvalue weighted by Crippen LogP contribution is -2.41. The van der Waals surface area contributed by atoms with Crippen LogP contribution in [0.15, 0.2) is 82.9 Å². The normalized spacial score (nSPS) is 19.1. The minimum atomic E-state index is -0.651. The number of ketones is 4. The highest BCUT2D eigenvalue weighted by Gasteiger charge is 2.42. The second-order valence-corrected chi connectivity index (χ2v) is 9.09. The van der Waals surface area contributed by atoms with Gasteiger partial charge in [-0.3, -0.25) is 19.2 Å². The standard InChI is InChI=1S/C28H13ClN2O4/c29-17-7-3-6-14-20(17)27(34)16-9-11-19-24(22(16)28(14)35)31-18-10-8-15-21(23(18)30-19)26(33)13-5-2-1-4-12(13)25(15)32/h1-11,23,30H. The molecule has 3 aliphatic carbocycles. The first kappa shape index (κ1) is 20.0. The van der Waals surface area contributed by atoms with E-state index in [4.69, 9.17) is 16.6 Å². The summed E-state index contributed by atoms with van der Waals surface area (Å²) in [5.41, 5.74) is 3.60. The Balaban J connectivity index is 1.39. The number of fused-ring (bicyclic) bond motifs is 7. The molecule has 0 radical (unpaired) electrons. The van der Waals surface area contributed by atoms with E-state index >= 15 is 0 Å². The number of rotatable bonds is 0. The van der Waals surface area contributed by atoms with Crippen molar-refractivity contribution in [2.75, 3.05) is 5.32 Å². The zero-order chi connectivity index (χ0) is 24.0. The monoisotopic (exact) mass is 476 g/mol. The number of hydrogen-bond donors (Lipinski definition) is 1. The number of carbonyl (C=O) groups is 4. The molecule has 0 bridgehead atoms. The average Bonchev–Trinajstić information content (AvgIpc) is 2.88. The molecule has 1 heterocycles. The topological polar surface area (TPSA) is 92.7 Å². The van der Waals surface area contributed by atoms with Gasteiger partial charge in [0.2, 0.25) is 0 Å². The van der Waals surface area contributed by atoms with Crippen LogP contribution in [-0.2, 0) is 0 Å². The number of allylic oxidation sites excluding steroid dienone is 2. The molecule has 166 valence electrons. The van der Waals surface area contributed by atoms with Crippen molar-refractivity contribution < 1.29 is 19.2 Å². The quantitative estimate of drug-likeness (QED) is 0.388. The summed E-state index contributed by atoms with van der Waals surface area (Å²) in [4.78, 5) is 57.9. The summed E-state index contributed by atoms with van der Waals surface area (Å²) < 4.78 is 0. The largest absolute Gasteiger partial charge is 0.371 e. The molecule has 1 unspecified atom stereocenters. The van der Waals surface area contributed by atoms with Crippen molar-refractivity contribution in [1.29, 1.82) is 0 Å². The predicted molar refractivity (Wildman–Crippen MR) is 131 cm³/mol. The van der Waals surface area contributed by atoms with Gasteiger partial charge in [0, 0.05) is 33.4 Å². The Hall–Kier alpha value is -4.42. The first-order chi connectivity index (χ1) is 17.0. The summed E-state index contributed by atoms with van der Waals surface area (Å²) >= 11 is 6.24. The highest BCUT2D eigenvalue weighted by atomic mass is 35.5. The number of benzene rings is 3. The van der Waals surface area contributed by atoms with Crippen LogP contribution < -0.4 is 5.32 Å². The Morgan fingerprint density at radius 1 is 0.686 bits per heavy atom. The van der Waals surface area contributed by atoms with E-state index in [2.05, 4.69) is 5.32 Å². The highest BCUT2D eigenvalue weighted by Crippen LogP contribution is 2.44. The smallest absolute Gasteiger partial charge is 0.196 e. The first-order valence-electron chi connectivity index (χ1n) is 11.0. The molecular formula is C28H13ClN2O4. The molecule has 4 aliphatic rings. The molecule has 0 amide bonds. The molecule has 3 aromatic rings. The van der Waals surface area contributed by atoms with Gasteiger partial charge in [-0.25, -0.2) is 4.99 Å². The second kappa shape index (κ2) is 6.81. The summed E-state index contributed by atoms with van der Waals surface area (Å²) in [6, 6.07) is 14.2. The van der Waals surface area contributed by atoms with Gasteiger partial charge in [-0.15, -0.1) is 0 Å². The highest BCUT2D eigenvalue weighted by molar-refractivity contribution is 6.40. The lowest BCUT2D eigenvalue weighted by atomic mass is 9.76. The van der Waals surface area contributed by atoms with Crippen LogP contribution in [0.5, 0.6) is 0 Å². The van der Waals surface area contributed by atoms with Gasteiger partial charge in [0.1, 0.15) is 0 Å².